The third kappa shape index (κ3) is 2.13. The molecule has 0 N–H and O–H groups in total. The van der Waals surface area contributed by atoms with E-state index in [1.807, 2.05) is 30.7 Å². The van der Waals surface area contributed by atoms with E-state index in [9.17, 15) is 0 Å². The Morgan fingerprint density at radius 2 is 1.93 bits per heavy atom. The minimum atomic E-state index is 0.579. The predicted octanol–water partition coefficient (Wildman–Crippen LogP) is 3.17. The van der Waals surface area contributed by atoms with E-state index in [0.29, 0.717) is 11.0 Å². The van der Waals surface area contributed by atoms with E-state index in [0.717, 1.165) is 11.4 Å². The molecule has 78 valence electrons. The molecule has 0 atom stereocenters. The van der Waals surface area contributed by atoms with Gasteiger partial charge >= 0.3 is 6.01 Å². The predicted molar refractivity (Wildman–Crippen MR) is 59.5 cm³/mol. The van der Waals surface area contributed by atoms with E-state index in [1.54, 1.807) is 18.3 Å². The summed E-state index contributed by atoms with van der Waals surface area (Å²) in [5.74, 6) is 0.730. The summed E-state index contributed by atoms with van der Waals surface area (Å²) in [4.78, 5) is 4.14. The Balaban J connectivity index is 2.22. The van der Waals surface area contributed by atoms with Gasteiger partial charge in [0.15, 0.2) is 0 Å². The van der Waals surface area contributed by atoms with Crippen LogP contribution in [0.25, 0.3) is 0 Å². The molecule has 0 aliphatic heterocycles. The van der Waals surface area contributed by atoms with Crippen molar-refractivity contribution in [3.63, 3.8) is 0 Å². The summed E-state index contributed by atoms with van der Waals surface area (Å²) in [7, 11) is 1.91. The highest BCUT2D eigenvalue weighted by Gasteiger charge is 2.04. The van der Waals surface area contributed by atoms with Crippen LogP contribution in [-0.4, -0.2) is 9.55 Å². The number of ether oxygens (including phenoxy) is 1. The van der Waals surface area contributed by atoms with Gasteiger partial charge in [-0.25, -0.2) is 4.98 Å². The molecule has 1 aromatic carbocycles. The van der Waals surface area contributed by atoms with Crippen molar-refractivity contribution in [1.82, 2.24) is 9.55 Å². The van der Waals surface area contributed by atoms with Crippen molar-refractivity contribution in [3.8, 4) is 11.8 Å². The maximum absolute atomic E-state index is 5.77. The van der Waals surface area contributed by atoms with E-state index in [1.165, 1.54) is 0 Å². The van der Waals surface area contributed by atoms with Gasteiger partial charge in [-0.15, -0.1) is 0 Å². The number of benzene rings is 1. The van der Waals surface area contributed by atoms with Crippen LogP contribution in [0.5, 0.6) is 11.8 Å². The molecule has 1 aromatic heterocycles. The zero-order valence-electron chi connectivity index (χ0n) is 8.57. The Labute approximate surface area is 93.3 Å². The van der Waals surface area contributed by atoms with Gasteiger partial charge in [-0.3, -0.25) is 0 Å². The van der Waals surface area contributed by atoms with Crippen LogP contribution < -0.4 is 4.74 Å². The number of nitrogens with zero attached hydrogens (tertiary/aromatic N) is 2. The van der Waals surface area contributed by atoms with Gasteiger partial charge in [0.25, 0.3) is 0 Å². The van der Waals surface area contributed by atoms with Crippen molar-refractivity contribution in [2.45, 2.75) is 6.92 Å². The lowest BCUT2D eigenvalue weighted by Gasteiger charge is -2.05. The fourth-order valence-electron chi connectivity index (χ4n) is 1.18. The smallest absolute Gasteiger partial charge is 0.301 e. The van der Waals surface area contributed by atoms with Gasteiger partial charge in [0.05, 0.1) is 6.20 Å². The molecule has 1 heterocycles. The molecule has 0 aliphatic rings. The highest BCUT2D eigenvalue weighted by Crippen LogP contribution is 2.21. The van der Waals surface area contributed by atoms with Crippen LogP contribution in [0, 0.1) is 6.92 Å². The number of rotatable bonds is 2. The monoisotopic (exact) mass is 222 g/mol. The number of hydrogen-bond acceptors (Lipinski definition) is 2. The topological polar surface area (TPSA) is 27.1 Å². The average molecular weight is 223 g/mol. The van der Waals surface area contributed by atoms with Crippen molar-refractivity contribution < 1.29 is 4.74 Å². The molecule has 0 radical (unpaired) electrons. The second kappa shape index (κ2) is 3.95. The summed E-state index contributed by atoms with van der Waals surface area (Å²) in [6, 6.07) is 7.77. The molecule has 0 saturated heterocycles. The maximum atomic E-state index is 5.77. The van der Waals surface area contributed by atoms with Crippen LogP contribution in [0.3, 0.4) is 0 Å². The molecular weight excluding hydrogens is 212 g/mol. The molecule has 0 fully saturated rings. The van der Waals surface area contributed by atoms with Crippen LogP contribution in [-0.2, 0) is 7.05 Å². The lowest BCUT2D eigenvalue weighted by molar-refractivity contribution is 0.423. The Hall–Kier alpha value is -1.48. The second-order valence-corrected chi connectivity index (χ2v) is 3.73. The van der Waals surface area contributed by atoms with Crippen molar-refractivity contribution in [2.75, 3.05) is 0 Å². The highest BCUT2D eigenvalue weighted by molar-refractivity contribution is 6.30. The van der Waals surface area contributed by atoms with E-state index in [4.69, 9.17) is 16.3 Å². The van der Waals surface area contributed by atoms with Gasteiger partial charge in [-0.1, -0.05) is 11.6 Å². The minimum absolute atomic E-state index is 0.579. The Bertz CT molecular complexity index is 462. The Morgan fingerprint density at radius 3 is 2.47 bits per heavy atom. The lowest BCUT2D eigenvalue weighted by atomic mass is 10.3. The molecule has 3 nitrogen and oxygen atoms in total. The second-order valence-electron chi connectivity index (χ2n) is 3.30. The number of aryl methyl sites for hydroxylation is 1. The minimum Gasteiger partial charge on any atom is -0.426 e. The molecule has 0 unspecified atom stereocenters. The van der Waals surface area contributed by atoms with Crippen LogP contribution in [0.15, 0.2) is 30.5 Å². The summed E-state index contributed by atoms with van der Waals surface area (Å²) in [6.45, 7) is 1.97. The van der Waals surface area contributed by atoms with Crippen molar-refractivity contribution >= 4 is 11.6 Å². The van der Waals surface area contributed by atoms with Gasteiger partial charge in [-0.2, -0.15) is 0 Å². The summed E-state index contributed by atoms with van der Waals surface area (Å²) in [5.41, 5.74) is 1.05. The SMILES string of the molecule is Cc1cnc(Oc2ccc(Cl)cc2)n1C. The summed E-state index contributed by atoms with van der Waals surface area (Å²) < 4.78 is 7.46. The standard InChI is InChI=1S/C11H11ClN2O/c1-8-7-13-11(14(8)2)15-10-5-3-9(12)4-6-10/h3-7H,1-2H3. The molecule has 2 aromatic rings. The molecule has 0 saturated carbocycles. The number of imidazole rings is 1. The van der Waals surface area contributed by atoms with Crippen LogP contribution in [0.2, 0.25) is 5.02 Å². The van der Waals surface area contributed by atoms with E-state index < -0.39 is 0 Å². The van der Waals surface area contributed by atoms with E-state index in [-0.39, 0.29) is 0 Å². The van der Waals surface area contributed by atoms with Crippen molar-refractivity contribution in [1.29, 1.82) is 0 Å². The largest absolute Gasteiger partial charge is 0.426 e. The first-order valence-electron chi connectivity index (χ1n) is 4.58. The Kier molecular flexibility index (Phi) is 2.64. The van der Waals surface area contributed by atoms with Gasteiger partial charge in [0.2, 0.25) is 0 Å². The summed E-state index contributed by atoms with van der Waals surface area (Å²) in [6.07, 6.45) is 1.77. The average Bonchev–Trinajstić information content (AvgIpc) is 2.53. The normalized spacial score (nSPS) is 10.3. The zero-order valence-corrected chi connectivity index (χ0v) is 9.32. The third-order valence-corrected chi connectivity index (χ3v) is 2.45. The van der Waals surface area contributed by atoms with E-state index >= 15 is 0 Å². The van der Waals surface area contributed by atoms with Gasteiger partial charge in [0.1, 0.15) is 5.75 Å². The van der Waals surface area contributed by atoms with Crippen molar-refractivity contribution in [3.05, 3.63) is 41.2 Å². The zero-order chi connectivity index (χ0) is 10.8. The number of halogens is 1. The molecular formula is C11H11ClN2O. The maximum Gasteiger partial charge on any atom is 0.301 e. The first kappa shape index (κ1) is 10.1. The molecule has 0 amide bonds. The van der Waals surface area contributed by atoms with E-state index in [2.05, 4.69) is 4.98 Å². The molecule has 0 spiro atoms. The van der Waals surface area contributed by atoms with Gasteiger partial charge < -0.3 is 9.30 Å². The van der Waals surface area contributed by atoms with Crippen LogP contribution in [0.1, 0.15) is 5.69 Å². The van der Waals surface area contributed by atoms with Crippen LogP contribution >= 0.6 is 11.6 Å². The first-order chi connectivity index (χ1) is 7.16. The summed E-state index contributed by atoms with van der Waals surface area (Å²) in [5, 5.41) is 0.693. The number of aromatic nitrogens is 2. The fourth-order valence-corrected chi connectivity index (χ4v) is 1.30. The quantitative estimate of drug-likeness (QED) is 0.781. The third-order valence-electron chi connectivity index (χ3n) is 2.20. The molecule has 0 aliphatic carbocycles. The molecule has 2 rings (SSSR count). The van der Waals surface area contributed by atoms with Crippen molar-refractivity contribution in [2.24, 2.45) is 7.05 Å². The fraction of sp³-hybridized carbons (Fsp3) is 0.182. The molecule has 15 heavy (non-hydrogen) atoms. The molecule has 4 heteroatoms. The first-order valence-corrected chi connectivity index (χ1v) is 4.96. The highest BCUT2D eigenvalue weighted by atomic mass is 35.5. The van der Waals surface area contributed by atoms with Gasteiger partial charge in [-0.05, 0) is 31.2 Å². The van der Waals surface area contributed by atoms with Crippen LogP contribution in [0.4, 0.5) is 0 Å². The lowest BCUT2D eigenvalue weighted by Crippen LogP contribution is -1.95. The summed E-state index contributed by atoms with van der Waals surface area (Å²) >= 11 is 5.77. The molecule has 0 bridgehead atoms. The van der Waals surface area contributed by atoms with Gasteiger partial charge in [0, 0.05) is 17.8 Å². The number of hydrogen-bond donors (Lipinski definition) is 0. The Morgan fingerprint density at radius 1 is 1.27 bits per heavy atom.